The Hall–Kier alpha value is -2.77. The standard InChI is InChI=1S/C23H27N5O2/c29-15-23-7-4-9-24-20(23)14-27(10-8-23)22(30)18-11-19-21(25-12-18)28(16-26-19)13-17-5-2-1-3-6-17/h1-3,5-6,11-12,16,20,24,29H,4,7-10,13-15H2/t20-,23-/m1/s1. The molecule has 2 saturated heterocycles. The first-order valence-electron chi connectivity index (χ1n) is 10.7. The minimum atomic E-state index is -0.0898. The van der Waals surface area contributed by atoms with Crippen molar-refractivity contribution in [3.63, 3.8) is 0 Å². The van der Waals surface area contributed by atoms with E-state index in [1.54, 1.807) is 12.5 Å². The molecule has 0 aliphatic carbocycles. The molecule has 2 aliphatic heterocycles. The minimum Gasteiger partial charge on any atom is -0.396 e. The molecule has 2 fully saturated rings. The molecule has 156 valence electrons. The van der Waals surface area contributed by atoms with Gasteiger partial charge in [-0.25, -0.2) is 9.97 Å². The summed E-state index contributed by atoms with van der Waals surface area (Å²) in [7, 11) is 0. The van der Waals surface area contributed by atoms with Crippen LogP contribution in [0.3, 0.4) is 0 Å². The number of hydrogen-bond acceptors (Lipinski definition) is 5. The largest absolute Gasteiger partial charge is 0.396 e. The van der Waals surface area contributed by atoms with Gasteiger partial charge in [-0.15, -0.1) is 0 Å². The van der Waals surface area contributed by atoms with Crippen LogP contribution in [0, 0.1) is 5.41 Å². The number of likely N-dealkylation sites (tertiary alicyclic amines) is 1. The molecule has 0 unspecified atom stereocenters. The first kappa shape index (κ1) is 19.2. The molecule has 30 heavy (non-hydrogen) atoms. The smallest absolute Gasteiger partial charge is 0.255 e. The first-order chi connectivity index (χ1) is 14.7. The van der Waals surface area contributed by atoms with Gasteiger partial charge in [-0.05, 0) is 37.4 Å². The molecule has 0 radical (unpaired) electrons. The van der Waals surface area contributed by atoms with Gasteiger partial charge < -0.3 is 19.9 Å². The van der Waals surface area contributed by atoms with Crippen molar-refractivity contribution in [2.75, 3.05) is 26.2 Å². The number of imidazole rings is 1. The van der Waals surface area contributed by atoms with Crippen molar-refractivity contribution in [1.29, 1.82) is 0 Å². The summed E-state index contributed by atoms with van der Waals surface area (Å²) in [5, 5.41) is 13.5. The topological polar surface area (TPSA) is 83.3 Å². The summed E-state index contributed by atoms with van der Waals surface area (Å²) in [5.74, 6) is -0.0130. The Kier molecular flexibility index (Phi) is 5.00. The monoisotopic (exact) mass is 405 g/mol. The second-order valence-corrected chi connectivity index (χ2v) is 8.56. The van der Waals surface area contributed by atoms with Crippen LogP contribution in [-0.2, 0) is 6.54 Å². The maximum Gasteiger partial charge on any atom is 0.255 e. The normalized spacial score (nSPS) is 24.0. The Bertz CT molecular complexity index is 1050. The molecule has 4 heterocycles. The van der Waals surface area contributed by atoms with Gasteiger partial charge in [-0.2, -0.15) is 0 Å². The Morgan fingerprint density at radius 3 is 2.93 bits per heavy atom. The van der Waals surface area contributed by atoms with Gasteiger partial charge in [0.1, 0.15) is 5.52 Å². The molecule has 7 nitrogen and oxygen atoms in total. The van der Waals surface area contributed by atoms with Gasteiger partial charge in [-0.1, -0.05) is 30.3 Å². The van der Waals surface area contributed by atoms with Crippen molar-refractivity contribution >= 4 is 17.1 Å². The Morgan fingerprint density at radius 2 is 2.10 bits per heavy atom. The highest BCUT2D eigenvalue weighted by molar-refractivity contribution is 5.96. The van der Waals surface area contributed by atoms with Crippen LogP contribution in [0.1, 0.15) is 35.2 Å². The number of rotatable bonds is 4. The zero-order valence-electron chi connectivity index (χ0n) is 17.0. The predicted octanol–water partition coefficient (Wildman–Crippen LogP) is 2.06. The number of amides is 1. The van der Waals surface area contributed by atoms with Crippen molar-refractivity contribution in [3.8, 4) is 0 Å². The zero-order chi connectivity index (χ0) is 20.6. The van der Waals surface area contributed by atoms with E-state index in [2.05, 4.69) is 27.4 Å². The number of carbonyl (C=O) groups excluding carboxylic acids is 1. The fourth-order valence-electron chi connectivity index (χ4n) is 4.93. The van der Waals surface area contributed by atoms with E-state index in [1.807, 2.05) is 33.7 Å². The highest BCUT2D eigenvalue weighted by atomic mass is 16.3. The molecule has 2 aromatic heterocycles. The van der Waals surface area contributed by atoms with Gasteiger partial charge in [0.15, 0.2) is 5.65 Å². The fraction of sp³-hybridized carbons (Fsp3) is 0.435. The zero-order valence-corrected chi connectivity index (χ0v) is 17.0. The van der Waals surface area contributed by atoms with E-state index in [-0.39, 0.29) is 24.0 Å². The van der Waals surface area contributed by atoms with E-state index in [9.17, 15) is 9.90 Å². The third-order valence-corrected chi connectivity index (χ3v) is 6.76. The Balaban J connectivity index is 1.34. The molecule has 2 aliphatic rings. The molecular weight excluding hydrogens is 378 g/mol. The lowest BCUT2D eigenvalue weighted by Crippen LogP contribution is -2.62. The van der Waals surface area contributed by atoms with Crippen LogP contribution in [0.4, 0.5) is 0 Å². The summed E-state index contributed by atoms with van der Waals surface area (Å²) in [6, 6.07) is 12.2. The lowest BCUT2D eigenvalue weighted by molar-refractivity contribution is -0.00882. The summed E-state index contributed by atoms with van der Waals surface area (Å²) in [6.07, 6.45) is 6.37. The van der Waals surface area contributed by atoms with Gasteiger partial charge in [0.25, 0.3) is 5.91 Å². The number of aliphatic hydroxyl groups excluding tert-OH is 1. The lowest BCUT2D eigenvalue weighted by Gasteiger charge is -2.50. The van der Waals surface area contributed by atoms with Crippen molar-refractivity contribution in [2.24, 2.45) is 5.41 Å². The number of aromatic nitrogens is 3. The van der Waals surface area contributed by atoms with Crippen molar-refractivity contribution in [1.82, 2.24) is 24.8 Å². The fourth-order valence-corrected chi connectivity index (χ4v) is 4.93. The SMILES string of the molecule is O=C(c1cnc2c(c1)ncn2Cc1ccccc1)N1CC[C@@]2(CO)CCCN[C@@H]2C1. The van der Waals surface area contributed by atoms with E-state index < -0.39 is 0 Å². The molecule has 3 aromatic rings. The number of benzene rings is 1. The summed E-state index contributed by atoms with van der Waals surface area (Å²) in [4.78, 5) is 24.1. The first-order valence-corrected chi connectivity index (χ1v) is 10.7. The molecule has 1 aromatic carbocycles. The average Bonchev–Trinajstić information content (AvgIpc) is 3.20. The highest BCUT2D eigenvalue weighted by Gasteiger charge is 2.45. The van der Waals surface area contributed by atoms with E-state index in [1.165, 1.54) is 5.56 Å². The number of carbonyl (C=O) groups is 1. The minimum absolute atomic E-state index is 0.0130. The van der Waals surface area contributed by atoms with Crippen LogP contribution < -0.4 is 5.32 Å². The lowest BCUT2D eigenvalue weighted by atomic mass is 9.70. The summed E-state index contributed by atoms with van der Waals surface area (Å²) < 4.78 is 2.00. The van der Waals surface area contributed by atoms with Crippen molar-refractivity contribution in [3.05, 3.63) is 60.0 Å². The molecule has 0 saturated carbocycles. The van der Waals surface area contributed by atoms with Crippen LogP contribution in [0.5, 0.6) is 0 Å². The summed E-state index contributed by atoms with van der Waals surface area (Å²) >= 11 is 0. The van der Waals surface area contributed by atoms with E-state index in [0.717, 1.165) is 37.0 Å². The molecule has 5 rings (SSSR count). The second-order valence-electron chi connectivity index (χ2n) is 8.56. The third kappa shape index (κ3) is 3.38. The maximum absolute atomic E-state index is 13.2. The number of fused-ring (bicyclic) bond motifs is 2. The van der Waals surface area contributed by atoms with Crippen molar-refractivity contribution in [2.45, 2.75) is 31.8 Å². The van der Waals surface area contributed by atoms with Gasteiger partial charge in [0.2, 0.25) is 0 Å². The van der Waals surface area contributed by atoms with Crippen LogP contribution in [-0.4, -0.2) is 62.7 Å². The maximum atomic E-state index is 13.2. The quantitative estimate of drug-likeness (QED) is 0.694. The molecule has 0 spiro atoms. The third-order valence-electron chi connectivity index (χ3n) is 6.76. The van der Waals surface area contributed by atoms with Crippen LogP contribution >= 0.6 is 0 Å². The van der Waals surface area contributed by atoms with Gasteiger partial charge in [-0.3, -0.25) is 4.79 Å². The van der Waals surface area contributed by atoms with Crippen LogP contribution in [0.2, 0.25) is 0 Å². The van der Waals surface area contributed by atoms with Gasteiger partial charge >= 0.3 is 0 Å². The Morgan fingerprint density at radius 1 is 1.23 bits per heavy atom. The molecular formula is C23H27N5O2. The van der Waals surface area contributed by atoms with E-state index in [0.29, 0.717) is 25.2 Å². The summed E-state index contributed by atoms with van der Waals surface area (Å²) in [6.45, 7) is 3.11. The number of nitrogens with one attached hydrogen (secondary N) is 1. The number of nitrogens with zero attached hydrogens (tertiary/aromatic N) is 4. The van der Waals surface area contributed by atoms with E-state index in [4.69, 9.17) is 0 Å². The predicted molar refractivity (Wildman–Crippen MR) is 114 cm³/mol. The molecule has 1 amide bonds. The van der Waals surface area contributed by atoms with Crippen LogP contribution in [0.25, 0.3) is 11.2 Å². The van der Waals surface area contributed by atoms with Crippen LogP contribution in [0.15, 0.2) is 48.9 Å². The van der Waals surface area contributed by atoms with Crippen molar-refractivity contribution < 1.29 is 9.90 Å². The second kappa shape index (κ2) is 7.81. The number of aliphatic hydroxyl groups is 1. The summed E-state index contributed by atoms with van der Waals surface area (Å²) in [5.41, 5.74) is 3.17. The molecule has 2 N–H and O–H groups in total. The molecule has 2 atom stereocenters. The molecule has 7 heteroatoms. The number of hydrogen-bond donors (Lipinski definition) is 2. The van der Waals surface area contributed by atoms with Gasteiger partial charge in [0.05, 0.1) is 25.0 Å². The molecule has 0 bridgehead atoms. The highest BCUT2D eigenvalue weighted by Crippen LogP contribution is 2.38. The van der Waals surface area contributed by atoms with E-state index >= 15 is 0 Å². The van der Waals surface area contributed by atoms with Gasteiger partial charge in [0, 0.05) is 30.7 Å². The average molecular weight is 406 g/mol. The Labute approximate surface area is 175 Å². The number of piperidine rings is 2. The number of pyridine rings is 1.